The van der Waals surface area contributed by atoms with Crippen molar-refractivity contribution < 1.29 is 9.47 Å². The predicted molar refractivity (Wildman–Crippen MR) is 173 cm³/mol. The minimum absolute atomic E-state index is 0.750. The third-order valence-corrected chi connectivity index (χ3v) is 7.13. The molecule has 0 N–H and O–H groups in total. The van der Waals surface area contributed by atoms with E-state index in [4.69, 9.17) is 24.4 Å². The van der Waals surface area contributed by atoms with E-state index >= 15 is 0 Å². The zero-order valence-electron chi connectivity index (χ0n) is 25.0. The standard InChI is InChI=1S/C37H35N3O2/c1-24-10-20-32(26(3)22-24)39-36(28-12-16-30(41-5)17-13-28)34-8-7-9-35(38-34)37(29-14-18-31(42-6)19-15-29)40-33-21-11-25(2)23-27(33)4/h7-23H,1-6H3/b39-36+,40-37+. The van der Waals surface area contributed by atoms with E-state index in [-0.39, 0.29) is 0 Å². The van der Waals surface area contributed by atoms with Crippen LogP contribution in [0.3, 0.4) is 0 Å². The molecule has 0 saturated carbocycles. The molecule has 5 heteroatoms. The summed E-state index contributed by atoms with van der Waals surface area (Å²) in [5.41, 5.74) is 11.3. The molecule has 4 aromatic carbocycles. The van der Waals surface area contributed by atoms with Crippen molar-refractivity contribution in [2.75, 3.05) is 14.2 Å². The number of nitrogens with zero attached hydrogens (tertiary/aromatic N) is 3. The first-order valence-corrected chi connectivity index (χ1v) is 13.9. The highest BCUT2D eigenvalue weighted by Crippen LogP contribution is 2.26. The lowest BCUT2D eigenvalue weighted by Gasteiger charge is -2.13. The summed E-state index contributed by atoms with van der Waals surface area (Å²) in [6.45, 7) is 8.34. The van der Waals surface area contributed by atoms with Gasteiger partial charge in [0.15, 0.2) is 0 Å². The molecule has 1 heterocycles. The van der Waals surface area contributed by atoms with Crippen LogP contribution in [0.1, 0.15) is 44.8 Å². The number of rotatable bonds is 8. The van der Waals surface area contributed by atoms with Gasteiger partial charge in [-0.3, -0.25) is 0 Å². The third kappa shape index (κ3) is 6.47. The fourth-order valence-corrected chi connectivity index (χ4v) is 4.84. The molecule has 5 rings (SSSR count). The second kappa shape index (κ2) is 12.6. The molecule has 0 aliphatic rings. The third-order valence-electron chi connectivity index (χ3n) is 7.13. The maximum Gasteiger partial charge on any atom is 0.118 e. The molecule has 0 saturated heterocycles. The molecule has 0 fully saturated rings. The van der Waals surface area contributed by atoms with Crippen LogP contribution in [0.5, 0.6) is 11.5 Å². The molecular weight excluding hydrogens is 518 g/mol. The quantitative estimate of drug-likeness (QED) is 0.181. The Morgan fingerprint density at radius 2 is 0.929 bits per heavy atom. The number of benzene rings is 4. The summed E-state index contributed by atoms with van der Waals surface area (Å²) in [6, 6.07) is 34.4. The molecule has 5 aromatic rings. The van der Waals surface area contributed by atoms with Crippen molar-refractivity contribution in [2.45, 2.75) is 27.7 Å². The van der Waals surface area contributed by atoms with Crippen molar-refractivity contribution >= 4 is 22.8 Å². The topological polar surface area (TPSA) is 56.1 Å². The maximum absolute atomic E-state index is 5.41. The zero-order valence-corrected chi connectivity index (χ0v) is 25.0. The van der Waals surface area contributed by atoms with Crippen LogP contribution >= 0.6 is 0 Å². The van der Waals surface area contributed by atoms with Gasteiger partial charge in [-0.1, -0.05) is 41.5 Å². The summed E-state index contributed by atoms with van der Waals surface area (Å²) in [5.74, 6) is 1.57. The SMILES string of the molecule is COc1ccc(/C(=N\c2ccc(C)cc2C)c2cccc(/C(=N/c3ccc(C)cc3C)c3ccc(OC)cc3)n2)cc1. The van der Waals surface area contributed by atoms with Gasteiger partial charge in [0.05, 0.1) is 48.4 Å². The summed E-state index contributed by atoms with van der Waals surface area (Å²) >= 11 is 0. The number of aryl methyl sites for hydroxylation is 4. The van der Waals surface area contributed by atoms with Gasteiger partial charge in [-0.05, 0) is 112 Å². The van der Waals surface area contributed by atoms with E-state index in [9.17, 15) is 0 Å². The van der Waals surface area contributed by atoms with Gasteiger partial charge in [0.25, 0.3) is 0 Å². The largest absolute Gasteiger partial charge is 0.497 e. The van der Waals surface area contributed by atoms with Crippen molar-refractivity contribution in [3.05, 3.63) is 148 Å². The summed E-state index contributed by atoms with van der Waals surface area (Å²) < 4.78 is 10.8. The molecule has 0 bridgehead atoms. The first-order valence-electron chi connectivity index (χ1n) is 13.9. The van der Waals surface area contributed by atoms with Gasteiger partial charge in [0.1, 0.15) is 11.5 Å². The highest BCUT2D eigenvalue weighted by atomic mass is 16.5. The number of aromatic nitrogens is 1. The Morgan fingerprint density at radius 1 is 0.524 bits per heavy atom. The number of pyridine rings is 1. The first kappa shape index (κ1) is 28.5. The lowest BCUT2D eigenvalue weighted by molar-refractivity contribution is 0.414. The lowest BCUT2D eigenvalue weighted by atomic mass is 10.0. The number of hydrogen-bond acceptors (Lipinski definition) is 5. The van der Waals surface area contributed by atoms with Gasteiger partial charge in [0.2, 0.25) is 0 Å². The Labute approximate surface area is 248 Å². The monoisotopic (exact) mass is 553 g/mol. The van der Waals surface area contributed by atoms with Crippen molar-refractivity contribution in [2.24, 2.45) is 9.98 Å². The molecule has 0 spiro atoms. The van der Waals surface area contributed by atoms with Crippen molar-refractivity contribution in [1.82, 2.24) is 4.98 Å². The maximum atomic E-state index is 5.41. The normalized spacial score (nSPS) is 11.9. The zero-order chi connectivity index (χ0) is 29.6. The van der Waals surface area contributed by atoms with Crippen LogP contribution in [0, 0.1) is 27.7 Å². The fourth-order valence-electron chi connectivity index (χ4n) is 4.84. The van der Waals surface area contributed by atoms with Crippen molar-refractivity contribution in [3.63, 3.8) is 0 Å². The van der Waals surface area contributed by atoms with E-state index in [2.05, 4.69) is 64.1 Å². The highest BCUT2D eigenvalue weighted by molar-refractivity contribution is 6.16. The van der Waals surface area contributed by atoms with Gasteiger partial charge in [-0.2, -0.15) is 0 Å². The Kier molecular flexibility index (Phi) is 8.58. The van der Waals surface area contributed by atoms with Crippen LogP contribution in [0.2, 0.25) is 0 Å². The Balaban J connectivity index is 1.69. The summed E-state index contributed by atoms with van der Waals surface area (Å²) in [5, 5.41) is 0. The van der Waals surface area contributed by atoms with E-state index in [0.717, 1.165) is 67.9 Å². The predicted octanol–water partition coefficient (Wildman–Crippen LogP) is 8.67. The van der Waals surface area contributed by atoms with Crippen LogP contribution in [-0.4, -0.2) is 30.6 Å². The Morgan fingerprint density at radius 3 is 1.29 bits per heavy atom. The minimum atomic E-state index is 0.750. The number of hydrogen-bond donors (Lipinski definition) is 0. The van der Waals surface area contributed by atoms with E-state index in [1.807, 2.05) is 66.7 Å². The van der Waals surface area contributed by atoms with E-state index in [1.54, 1.807) is 14.2 Å². The smallest absolute Gasteiger partial charge is 0.118 e. The average molecular weight is 554 g/mol. The summed E-state index contributed by atoms with van der Waals surface area (Å²) in [6.07, 6.45) is 0. The van der Waals surface area contributed by atoms with Crippen molar-refractivity contribution in [1.29, 1.82) is 0 Å². The fraction of sp³-hybridized carbons (Fsp3) is 0.162. The Bertz CT molecular complexity index is 1640. The molecule has 210 valence electrons. The number of ether oxygens (including phenoxy) is 2. The van der Waals surface area contributed by atoms with Crippen LogP contribution in [-0.2, 0) is 0 Å². The average Bonchev–Trinajstić information content (AvgIpc) is 3.00. The van der Waals surface area contributed by atoms with E-state index in [1.165, 1.54) is 11.1 Å². The molecule has 0 radical (unpaired) electrons. The molecule has 0 aliphatic carbocycles. The van der Waals surface area contributed by atoms with Crippen LogP contribution in [0.15, 0.2) is 113 Å². The molecule has 5 nitrogen and oxygen atoms in total. The minimum Gasteiger partial charge on any atom is -0.497 e. The molecular formula is C37H35N3O2. The lowest BCUT2D eigenvalue weighted by Crippen LogP contribution is -2.12. The molecule has 0 atom stereocenters. The van der Waals surface area contributed by atoms with Gasteiger partial charge in [-0.25, -0.2) is 15.0 Å². The van der Waals surface area contributed by atoms with E-state index < -0.39 is 0 Å². The number of methoxy groups -OCH3 is 2. The van der Waals surface area contributed by atoms with Gasteiger partial charge < -0.3 is 9.47 Å². The molecule has 0 unspecified atom stereocenters. The Hall–Kier alpha value is -5.03. The first-order chi connectivity index (χ1) is 20.3. The van der Waals surface area contributed by atoms with Crippen molar-refractivity contribution in [3.8, 4) is 11.5 Å². The molecule has 0 amide bonds. The highest BCUT2D eigenvalue weighted by Gasteiger charge is 2.16. The van der Waals surface area contributed by atoms with Crippen LogP contribution in [0.4, 0.5) is 11.4 Å². The molecule has 0 aliphatic heterocycles. The van der Waals surface area contributed by atoms with Gasteiger partial charge in [-0.15, -0.1) is 0 Å². The summed E-state index contributed by atoms with van der Waals surface area (Å²) in [4.78, 5) is 15.5. The second-order valence-corrected chi connectivity index (χ2v) is 10.4. The summed E-state index contributed by atoms with van der Waals surface area (Å²) in [7, 11) is 3.33. The van der Waals surface area contributed by atoms with Gasteiger partial charge >= 0.3 is 0 Å². The van der Waals surface area contributed by atoms with Crippen LogP contribution in [0.25, 0.3) is 0 Å². The van der Waals surface area contributed by atoms with Crippen LogP contribution < -0.4 is 9.47 Å². The van der Waals surface area contributed by atoms with E-state index in [0.29, 0.717) is 0 Å². The van der Waals surface area contributed by atoms with Gasteiger partial charge in [0, 0.05) is 11.1 Å². The molecule has 42 heavy (non-hydrogen) atoms. The second-order valence-electron chi connectivity index (χ2n) is 10.4. The molecule has 1 aromatic heterocycles. The number of aliphatic imine (C=N–C) groups is 2.